The molecule has 0 saturated heterocycles. The van der Waals surface area contributed by atoms with Crippen LogP contribution in [0.4, 0.5) is 11.4 Å². The quantitative estimate of drug-likeness (QED) is 0.259. The van der Waals surface area contributed by atoms with E-state index < -0.39 is 27.4 Å². The fraction of sp³-hybridized carbons (Fsp3) is 0.0870. The molecule has 0 aliphatic carbocycles. The van der Waals surface area contributed by atoms with Gasteiger partial charge in [-0.25, -0.2) is 13.8 Å². The molecule has 0 unspecified atom stereocenters. The number of nitriles is 1. The van der Waals surface area contributed by atoms with E-state index in [0.29, 0.717) is 11.3 Å². The van der Waals surface area contributed by atoms with Gasteiger partial charge in [-0.1, -0.05) is 24.3 Å². The van der Waals surface area contributed by atoms with Crippen molar-refractivity contribution in [2.24, 2.45) is 5.10 Å². The van der Waals surface area contributed by atoms with Crippen molar-refractivity contribution >= 4 is 33.5 Å². The number of nitro groups is 1. The van der Waals surface area contributed by atoms with E-state index in [-0.39, 0.29) is 22.9 Å². The number of nitro benzene ring substituents is 1. The second-order valence-electron chi connectivity index (χ2n) is 6.91. The maximum Gasteiger partial charge on any atom is 0.271 e. The molecule has 11 nitrogen and oxygen atoms in total. The van der Waals surface area contributed by atoms with Crippen LogP contribution in [0, 0.1) is 21.4 Å². The zero-order valence-electron chi connectivity index (χ0n) is 18.1. The second kappa shape index (κ2) is 11.4. The highest BCUT2D eigenvalue weighted by Crippen LogP contribution is 2.26. The number of carbonyl (C=O) groups excluding carboxylic acids is 1. The Morgan fingerprint density at radius 2 is 1.83 bits per heavy atom. The average molecular weight is 494 g/mol. The van der Waals surface area contributed by atoms with Gasteiger partial charge in [-0.05, 0) is 48.0 Å². The van der Waals surface area contributed by atoms with Crippen molar-refractivity contribution in [2.45, 2.75) is 4.90 Å². The number of sulfonamides is 1. The molecule has 3 aromatic carbocycles. The molecule has 0 fully saturated rings. The molecule has 0 aliphatic heterocycles. The van der Waals surface area contributed by atoms with Gasteiger partial charge in [0.05, 0.1) is 21.7 Å². The number of hydrazone groups is 1. The Morgan fingerprint density at radius 1 is 1.11 bits per heavy atom. The van der Waals surface area contributed by atoms with E-state index in [1.807, 2.05) is 6.07 Å². The molecule has 0 aliphatic rings. The number of nitrogens with zero attached hydrogens (tertiary/aromatic N) is 4. The molecule has 178 valence electrons. The lowest BCUT2D eigenvalue weighted by Crippen LogP contribution is -2.39. The van der Waals surface area contributed by atoms with Gasteiger partial charge >= 0.3 is 0 Å². The van der Waals surface area contributed by atoms with Crippen molar-refractivity contribution in [3.63, 3.8) is 0 Å². The average Bonchev–Trinajstić information content (AvgIpc) is 2.87. The van der Waals surface area contributed by atoms with E-state index in [9.17, 15) is 23.3 Å². The summed E-state index contributed by atoms with van der Waals surface area (Å²) in [6.07, 6.45) is 1.34. The monoisotopic (exact) mass is 493 g/mol. The number of hydrogen-bond donors (Lipinski definition) is 1. The Labute approximate surface area is 201 Å². The number of ether oxygens (including phenoxy) is 1. The maximum atomic E-state index is 13.3. The van der Waals surface area contributed by atoms with Crippen LogP contribution < -0.4 is 14.5 Å². The van der Waals surface area contributed by atoms with Crippen molar-refractivity contribution < 1.29 is 22.9 Å². The third-order valence-corrected chi connectivity index (χ3v) is 6.32. The van der Waals surface area contributed by atoms with Crippen molar-refractivity contribution in [1.82, 2.24) is 5.43 Å². The number of carbonyl (C=O) groups is 1. The molecule has 0 radical (unpaired) electrons. The summed E-state index contributed by atoms with van der Waals surface area (Å²) in [7, 11) is -4.22. The Morgan fingerprint density at radius 3 is 2.49 bits per heavy atom. The van der Waals surface area contributed by atoms with Gasteiger partial charge in [0.15, 0.2) is 6.61 Å². The summed E-state index contributed by atoms with van der Waals surface area (Å²) in [6.45, 7) is -0.757. The standard InChI is InChI=1S/C23H19N5O6S/c24-13-14-34-21-11-9-18(10-12-21)16-25-26-23(29)17-27(19-5-4-6-20(15-19)28(30)31)35(32,33)22-7-2-1-3-8-22/h1-12,15-16H,14,17H2,(H,26,29). The Bertz CT molecular complexity index is 1370. The molecular weight excluding hydrogens is 474 g/mol. The number of amides is 1. The molecule has 0 atom stereocenters. The Balaban J connectivity index is 1.79. The van der Waals surface area contributed by atoms with Gasteiger partial charge in [0.2, 0.25) is 0 Å². The van der Waals surface area contributed by atoms with Crippen LogP contribution in [-0.2, 0) is 14.8 Å². The van der Waals surface area contributed by atoms with Crippen LogP contribution in [0.3, 0.4) is 0 Å². The van der Waals surface area contributed by atoms with Crippen LogP contribution in [0.5, 0.6) is 5.75 Å². The summed E-state index contributed by atoms with van der Waals surface area (Å²) in [5.41, 5.74) is 2.50. The summed E-state index contributed by atoms with van der Waals surface area (Å²) in [4.78, 5) is 23.0. The van der Waals surface area contributed by atoms with E-state index in [1.54, 1.807) is 30.3 Å². The van der Waals surface area contributed by atoms with E-state index in [1.165, 1.54) is 48.7 Å². The molecule has 0 spiro atoms. The third-order valence-electron chi connectivity index (χ3n) is 4.53. The van der Waals surface area contributed by atoms with Crippen molar-refractivity contribution in [2.75, 3.05) is 17.5 Å². The molecule has 3 rings (SSSR count). The van der Waals surface area contributed by atoms with Crippen LogP contribution in [0.1, 0.15) is 5.56 Å². The molecule has 35 heavy (non-hydrogen) atoms. The van der Waals surface area contributed by atoms with Gasteiger partial charge in [0.25, 0.3) is 21.6 Å². The summed E-state index contributed by atoms with van der Waals surface area (Å²) >= 11 is 0. The largest absolute Gasteiger partial charge is 0.479 e. The van der Waals surface area contributed by atoms with Crippen molar-refractivity contribution in [3.05, 3.63) is 94.5 Å². The summed E-state index contributed by atoms with van der Waals surface area (Å²) in [5.74, 6) is -0.271. The predicted octanol–water partition coefficient (Wildman–Crippen LogP) is 2.84. The SMILES string of the molecule is N#CCOc1ccc(C=NNC(=O)CN(c2cccc([N+](=O)[O-])c2)S(=O)(=O)c2ccccc2)cc1. The number of nitrogens with one attached hydrogen (secondary N) is 1. The van der Waals surface area contributed by atoms with Crippen LogP contribution >= 0.6 is 0 Å². The number of benzene rings is 3. The Hall–Kier alpha value is -4.76. The maximum absolute atomic E-state index is 13.3. The smallest absolute Gasteiger partial charge is 0.271 e. The van der Waals surface area contributed by atoms with E-state index >= 15 is 0 Å². The van der Waals surface area contributed by atoms with Crippen LogP contribution in [-0.4, -0.2) is 38.6 Å². The zero-order chi connectivity index (χ0) is 25.3. The molecule has 0 aromatic heterocycles. The van der Waals surface area contributed by atoms with E-state index in [0.717, 1.165) is 10.4 Å². The van der Waals surface area contributed by atoms with E-state index in [4.69, 9.17) is 10.00 Å². The highest BCUT2D eigenvalue weighted by molar-refractivity contribution is 7.92. The fourth-order valence-corrected chi connectivity index (χ4v) is 4.34. The lowest BCUT2D eigenvalue weighted by molar-refractivity contribution is -0.384. The highest BCUT2D eigenvalue weighted by atomic mass is 32.2. The molecular formula is C23H19N5O6S. The van der Waals surface area contributed by atoms with Gasteiger partial charge in [-0.15, -0.1) is 0 Å². The molecule has 0 heterocycles. The number of hydrogen-bond acceptors (Lipinski definition) is 8. The van der Waals surface area contributed by atoms with Gasteiger partial charge in [0, 0.05) is 12.1 Å². The van der Waals surface area contributed by atoms with Gasteiger partial charge in [0.1, 0.15) is 18.4 Å². The summed E-state index contributed by atoms with van der Waals surface area (Å²) in [6, 6.07) is 20.8. The van der Waals surface area contributed by atoms with E-state index in [2.05, 4.69) is 10.5 Å². The molecule has 0 saturated carbocycles. The normalized spacial score (nSPS) is 10.9. The molecule has 12 heteroatoms. The first-order valence-corrected chi connectivity index (χ1v) is 11.5. The molecule has 3 aromatic rings. The Kier molecular flexibility index (Phi) is 8.10. The lowest BCUT2D eigenvalue weighted by atomic mass is 10.2. The molecule has 1 N–H and O–H groups in total. The van der Waals surface area contributed by atoms with Crippen LogP contribution in [0.15, 0.2) is 88.9 Å². The fourth-order valence-electron chi connectivity index (χ4n) is 2.91. The first-order valence-electron chi connectivity index (χ1n) is 10.1. The number of rotatable bonds is 10. The minimum Gasteiger partial charge on any atom is -0.479 e. The van der Waals surface area contributed by atoms with Crippen molar-refractivity contribution in [3.8, 4) is 11.8 Å². The van der Waals surface area contributed by atoms with Gasteiger partial charge < -0.3 is 4.74 Å². The summed E-state index contributed by atoms with van der Waals surface area (Å²) in [5, 5.41) is 23.5. The highest BCUT2D eigenvalue weighted by Gasteiger charge is 2.28. The molecule has 0 bridgehead atoms. The second-order valence-corrected chi connectivity index (χ2v) is 8.77. The lowest BCUT2D eigenvalue weighted by Gasteiger charge is -2.23. The third kappa shape index (κ3) is 6.62. The summed E-state index contributed by atoms with van der Waals surface area (Å²) < 4.78 is 32.4. The van der Waals surface area contributed by atoms with Gasteiger partial charge in [-0.2, -0.15) is 10.4 Å². The minimum atomic E-state index is -4.22. The predicted molar refractivity (Wildman–Crippen MR) is 127 cm³/mol. The first-order chi connectivity index (χ1) is 16.8. The van der Waals surface area contributed by atoms with Crippen LogP contribution in [0.25, 0.3) is 0 Å². The zero-order valence-corrected chi connectivity index (χ0v) is 19.0. The van der Waals surface area contributed by atoms with Crippen LogP contribution in [0.2, 0.25) is 0 Å². The molecule has 1 amide bonds. The number of anilines is 1. The van der Waals surface area contributed by atoms with Gasteiger partial charge in [-0.3, -0.25) is 19.2 Å². The minimum absolute atomic E-state index is 0.0462. The topological polar surface area (TPSA) is 155 Å². The first kappa shape index (κ1) is 24.9. The number of non-ortho nitro benzene ring substituents is 1. The van der Waals surface area contributed by atoms with Crippen molar-refractivity contribution in [1.29, 1.82) is 5.26 Å².